The highest BCUT2D eigenvalue weighted by atomic mass is 16.2. The predicted octanol–water partition coefficient (Wildman–Crippen LogP) is 1.69. The van der Waals surface area contributed by atoms with Crippen molar-refractivity contribution in [1.29, 1.82) is 0 Å². The minimum atomic E-state index is 0.0287. The Bertz CT molecular complexity index is 1040. The van der Waals surface area contributed by atoms with Gasteiger partial charge in [-0.1, -0.05) is 36.4 Å². The van der Waals surface area contributed by atoms with Gasteiger partial charge in [-0.2, -0.15) is 0 Å². The maximum Gasteiger partial charge on any atom is 0.279 e. The van der Waals surface area contributed by atoms with Gasteiger partial charge >= 0.3 is 0 Å². The molecule has 1 saturated heterocycles. The minimum Gasteiger partial charge on any atom is -0.361 e. The van der Waals surface area contributed by atoms with E-state index in [1.165, 1.54) is 4.90 Å². The van der Waals surface area contributed by atoms with Gasteiger partial charge in [-0.25, -0.2) is 0 Å². The summed E-state index contributed by atoms with van der Waals surface area (Å²) in [4.78, 5) is 31.7. The van der Waals surface area contributed by atoms with E-state index in [0.717, 1.165) is 46.4 Å². The maximum absolute atomic E-state index is 12.8. The average molecular weight is 406 g/mol. The second-order valence-corrected chi connectivity index (χ2v) is 8.16. The summed E-state index contributed by atoms with van der Waals surface area (Å²) in [5, 5.41) is 4.17. The van der Waals surface area contributed by atoms with Crippen LogP contribution in [0.25, 0.3) is 10.9 Å². The number of hydrogen-bond donors (Lipinski definition) is 3. The molecule has 0 bridgehead atoms. The van der Waals surface area contributed by atoms with Gasteiger partial charge in [-0.15, -0.1) is 0 Å². The van der Waals surface area contributed by atoms with Gasteiger partial charge in [0, 0.05) is 22.8 Å². The van der Waals surface area contributed by atoms with Gasteiger partial charge in [0.25, 0.3) is 5.91 Å². The Morgan fingerprint density at radius 3 is 2.47 bits per heavy atom. The van der Waals surface area contributed by atoms with E-state index >= 15 is 0 Å². The number of carbonyl (C=O) groups excluding carboxylic acids is 2. The lowest BCUT2D eigenvalue weighted by Gasteiger charge is -2.32. The number of hydrogen-bond acceptors (Lipinski definition) is 2. The van der Waals surface area contributed by atoms with Gasteiger partial charge in [-0.05, 0) is 36.6 Å². The number of nitrogens with one attached hydrogen (secondary N) is 3. The Morgan fingerprint density at radius 1 is 1.03 bits per heavy atom. The average Bonchev–Trinajstić information content (AvgIpc) is 3.14. The first-order chi connectivity index (χ1) is 14.5. The van der Waals surface area contributed by atoms with E-state index < -0.39 is 0 Å². The van der Waals surface area contributed by atoms with Crippen molar-refractivity contribution in [1.82, 2.24) is 9.88 Å². The molecule has 0 saturated carbocycles. The molecule has 0 aliphatic carbocycles. The fourth-order valence-corrected chi connectivity index (χ4v) is 4.22. The number of benzene rings is 2. The molecule has 30 heavy (non-hydrogen) atoms. The summed E-state index contributed by atoms with van der Waals surface area (Å²) in [6.07, 6.45) is 2.34. The molecular formula is C24H29N4O2+. The van der Waals surface area contributed by atoms with Crippen LogP contribution in [0.15, 0.2) is 48.7 Å². The van der Waals surface area contributed by atoms with Crippen molar-refractivity contribution in [2.45, 2.75) is 20.3 Å². The van der Waals surface area contributed by atoms with Gasteiger partial charge < -0.3 is 20.1 Å². The zero-order valence-electron chi connectivity index (χ0n) is 17.6. The number of aromatic nitrogens is 1. The summed E-state index contributed by atoms with van der Waals surface area (Å²) in [5.41, 5.74) is 5.16. The second-order valence-electron chi connectivity index (χ2n) is 8.16. The maximum atomic E-state index is 12.8. The van der Waals surface area contributed by atoms with Crippen molar-refractivity contribution >= 4 is 28.4 Å². The monoisotopic (exact) mass is 405 g/mol. The van der Waals surface area contributed by atoms with Crippen molar-refractivity contribution < 1.29 is 14.5 Å². The number of rotatable bonds is 5. The first kappa shape index (κ1) is 20.2. The van der Waals surface area contributed by atoms with Crippen molar-refractivity contribution in [2.24, 2.45) is 0 Å². The molecule has 1 aliphatic rings. The van der Waals surface area contributed by atoms with E-state index in [0.29, 0.717) is 26.1 Å². The molecule has 2 amide bonds. The van der Waals surface area contributed by atoms with Gasteiger partial charge in [0.1, 0.15) is 0 Å². The lowest BCUT2D eigenvalue weighted by molar-refractivity contribution is -0.895. The lowest BCUT2D eigenvalue weighted by Crippen LogP contribution is -3.15. The topological polar surface area (TPSA) is 69.6 Å². The molecule has 1 aliphatic heterocycles. The first-order valence-electron chi connectivity index (χ1n) is 10.5. The highest BCUT2D eigenvalue weighted by Crippen LogP contribution is 2.19. The van der Waals surface area contributed by atoms with Gasteiger partial charge in [0.05, 0.1) is 32.6 Å². The number of piperazine rings is 1. The van der Waals surface area contributed by atoms with E-state index in [-0.39, 0.29) is 11.8 Å². The van der Waals surface area contributed by atoms with E-state index in [1.54, 1.807) is 0 Å². The molecule has 0 radical (unpaired) electrons. The number of carbonyl (C=O) groups is 2. The Kier molecular flexibility index (Phi) is 5.86. The van der Waals surface area contributed by atoms with Crippen molar-refractivity contribution in [3.05, 3.63) is 65.4 Å². The molecule has 2 aromatic carbocycles. The molecule has 0 spiro atoms. The Balaban J connectivity index is 1.28. The molecule has 3 N–H and O–H groups in total. The number of quaternary nitrogens is 1. The summed E-state index contributed by atoms with van der Waals surface area (Å²) >= 11 is 0. The molecule has 2 heterocycles. The predicted molar refractivity (Wildman–Crippen MR) is 119 cm³/mol. The van der Waals surface area contributed by atoms with Gasteiger partial charge in [0.15, 0.2) is 6.54 Å². The normalized spacial score (nSPS) is 14.8. The van der Waals surface area contributed by atoms with E-state index in [9.17, 15) is 9.59 Å². The van der Waals surface area contributed by atoms with Crippen LogP contribution in [-0.2, 0) is 16.0 Å². The van der Waals surface area contributed by atoms with E-state index in [4.69, 9.17) is 0 Å². The molecule has 6 heteroatoms. The van der Waals surface area contributed by atoms with Gasteiger partial charge in [0.2, 0.25) is 5.91 Å². The standard InChI is InChI=1S/C24H28N4O2/c1-17-6-5-7-18(2)24(17)26-22(29)16-27-10-12-28(13-11-27)23(30)14-19-15-25-21-9-4-3-8-20(19)21/h3-9,15,25H,10-14,16H2,1-2H3,(H,26,29)/p+1. The van der Waals surface area contributed by atoms with Crippen molar-refractivity contribution in [2.75, 3.05) is 38.0 Å². The molecule has 3 aromatic rings. The SMILES string of the molecule is Cc1cccc(C)c1NC(=O)C[NH+]1CCN(C(=O)Cc2c[nH]c3ccccc23)CC1. The quantitative estimate of drug-likeness (QED) is 0.605. The molecule has 0 atom stereocenters. The summed E-state index contributed by atoms with van der Waals surface area (Å²) in [6.45, 7) is 7.40. The number of para-hydroxylation sites is 2. The number of aryl methyl sites for hydroxylation is 2. The molecule has 4 rings (SSSR count). The van der Waals surface area contributed by atoms with Crippen LogP contribution in [0.5, 0.6) is 0 Å². The van der Waals surface area contributed by atoms with Crippen molar-refractivity contribution in [3.63, 3.8) is 0 Å². The molecule has 1 fully saturated rings. The fourth-order valence-electron chi connectivity index (χ4n) is 4.22. The van der Waals surface area contributed by atoms with Crippen LogP contribution in [-0.4, -0.2) is 54.4 Å². The van der Waals surface area contributed by atoms with Crippen LogP contribution in [0.3, 0.4) is 0 Å². The number of H-pyrrole nitrogens is 1. The second kappa shape index (κ2) is 8.71. The number of aromatic amines is 1. The summed E-state index contributed by atoms with van der Waals surface area (Å²) in [7, 11) is 0. The zero-order chi connectivity index (χ0) is 21.1. The summed E-state index contributed by atoms with van der Waals surface area (Å²) in [5.74, 6) is 0.180. The largest absolute Gasteiger partial charge is 0.361 e. The molecule has 6 nitrogen and oxygen atoms in total. The van der Waals surface area contributed by atoms with Crippen LogP contribution >= 0.6 is 0 Å². The molecule has 0 unspecified atom stereocenters. The fraction of sp³-hybridized carbons (Fsp3) is 0.333. The highest BCUT2D eigenvalue weighted by Gasteiger charge is 2.26. The zero-order valence-corrected chi connectivity index (χ0v) is 17.6. The Labute approximate surface area is 176 Å². The third kappa shape index (κ3) is 4.39. The number of nitrogens with zero attached hydrogens (tertiary/aromatic N) is 1. The van der Waals surface area contributed by atoms with Crippen LogP contribution in [0, 0.1) is 13.8 Å². The van der Waals surface area contributed by atoms with Gasteiger partial charge in [-0.3, -0.25) is 9.59 Å². The highest BCUT2D eigenvalue weighted by molar-refractivity contribution is 5.93. The van der Waals surface area contributed by atoms with Crippen molar-refractivity contribution in [3.8, 4) is 0 Å². The smallest absolute Gasteiger partial charge is 0.279 e. The number of amides is 2. The number of anilines is 1. The third-order valence-electron chi connectivity index (χ3n) is 6.00. The Hall–Kier alpha value is -3.12. The molecule has 156 valence electrons. The summed E-state index contributed by atoms with van der Waals surface area (Å²) in [6, 6.07) is 14.1. The minimum absolute atomic E-state index is 0.0287. The van der Waals surface area contributed by atoms with Crippen LogP contribution in [0.2, 0.25) is 0 Å². The lowest BCUT2D eigenvalue weighted by atomic mass is 10.1. The van der Waals surface area contributed by atoms with E-state index in [2.05, 4.69) is 10.3 Å². The number of fused-ring (bicyclic) bond motifs is 1. The van der Waals surface area contributed by atoms with Crippen LogP contribution < -0.4 is 10.2 Å². The molecular weight excluding hydrogens is 376 g/mol. The Morgan fingerprint density at radius 2 is 1.73 bits per heavy atom. The first-order valence-corrected chi connectivity index (χ1v) is 10.5. The summed E-state index contributed by atoms with van der Waals surface area (Å²) < 4.78 is 0. The van der Waals surface area contributed by atoms with Crippen LogP contribution in [0.4, 0.5) is 5.69 Å². The molecule has 1 aromatic heterocycles. The van der Waals surface area contributed by atoms with Crippen LogP contribution in [0.1, 0.15) is 16.7 Å². The third-order valence-corrected chi connectivity index (χ3v) is 6.00. The van der Waals surface area contributed by atoms with E-state index in [1.807, 2.05) is 67.4 Å².